The lowest BCUT2D eigenvalue weighted by Gasteiger charge is -2.17. The largest absolute Gasteiger partial charge is 0.497 e. The Morgan fingerprint density at radius 1 is 0.818 bits per heavy atom. The van der Waals surface area contributed by atoms with Gasteiger partial charge in [0.25, 0.3) is 0 Å². The SMILES string of the molecule is COc1ccc(OC2=C(Cl)C(=O)c3ccccc3C2=O)cc1. The number of halogens is 1. The molecule has 1 aliphatic carbocycles. The van der Waals surface area contributed by atoms with Gasteiger partial charge in [-0.15, -0.1) is 0 Å². The summed E-state index contributed by atoms with van der Waals surface area (Å²) in [7, 11) is 1.55. The van der Waals surface area contributed by atoms with Crippen molar-refractivity contribution >= 4 is 23.2 Å². The molecule has 0 atom stereocenters. The van der Waals surface area contributed by atoms with E-state index in [2.05, 4.69) is 0 Å². The van der Waals surface area contributed by atoms with Crippen molar-refractivity contribution in [2.75, 3.05) is 7.11 Å². The van der Waals surface area contributed by atoms with Gasteiger partial charge in [-0.05, 0) is 24.3 Å². The van der Waals surface area contributed by atoms with Crippen LogP contribution in [0.3, 0.4) is 0 Å². The van der Waals surface area contributed by atoms with Crippen molar-refractivity contribution in [3.8, 4) is 11.5 Å². The molecule has 5 heteroatoms. The Morgan fingerprint density at radius 2 is 1.36 bits per heavy atom. The highest BCUT2D eigenvalue weighted by Gasteiger charge is 2.32. The Bertz CT molecular complexity index is 791. The number of benzene rings is 2. The zero-order valence-corrected chi connectivity index (χ0v) is 12.4. The maximum atomic E-state index is 12.5. The number of methoxy groups -OCH3 is 1. The van der Waals surface area contributed by atoms with Gasteiger partial charge < -0.3 is 9.47 Å². The van der Waals surface area contributed by atoms with Gasteiger partial charge in [0.15, 0.2) is 5.76 Å². The number of rotatable bonds is 3. The summed E-state index contributed by atoms with van der Waals surface area (Å²) >= 11 is 6.02. The average molecular weight is 315 g/mol. The maximum absolute atomic E-state index is 12.5. The van der Waals surface area contributed by atoms with E-state index in [1.165, 1.54) is 0 Å². The quantitative estimate of drug-likeness (QED) is 0.868. The summed E-state index contributed by atoms with van der Waals surface area (Å²) in [6, 6.07) is 13.2. The number of allylic oxidation sites excluding steroid dienone is 2. The zero-order valence-electron chi connectivity index (χ0n) is 11.6. The molecule has 0 heterocycles. The molecule has 0 amide bonds. The average Bonchev–Trinajstić information content (AvgIpc) is 2.57. The van der Waals surface area contributed by atoms with Gasteiger partial charge in [-0.25, -0.2) is 0 Å². The van der Waals surface area contributed by atoms with Crippen LogP contribution in [0.1, 0.15) is 20.7 Å². The fourth-order valence-corrected chi connectivity index (χ4v) is 2.40. The molecule has 0 unspecified atom stereocenters. The summed E-state index contributed by atoms with van der Waals surface area (Å²) in [5.74, 6) is 0.0743. The minimum absolute atomic E-state index is 0.157. The van der Waals surface area contributed by atoms with Gasteiger partial charge in [0.05, 0.1) is 7.11 Å². The molecule has 2 aromatic carbocycles. The first-order valence-corrected chi connectivity index (χ1v) is 6.89. The second-order valence-corrected chi connectivity index (χ2v) is 5.00. The lowest BCUT2D eigenvalue weighted by Crippen LogP contribution is -2.23. The molecule has 22 heavy (non-hydrogen) atoms. The lowest BCUT2D eigenvalue weighted by atomic mass is 9.93. The minimum Gasteiger partial charge on any atom is -0.497 e. The van der Waals surface area contributed by atoms with Crippen LogP contribution in [-0.4, -0.2) is 18.7 Å². The predicted octanol–water partition coefficient (Wildman–Crippen LogP) is 3.60. The fraction of sp³-hybridized carbons (Fsp3) is 0.0588. The molecular weight excluding hydrogens is 304 g/mol. The van der Waals surface area contributed by atoms with Crippen molar-refractivity contribution < 1.29 is 19.1 Å². The molecule has 2 aromatic rings. The molecule has 0 saturated heterocycles. The van der Waals surface area contributed by atoms with Crippen LogP contribution in [0.25, 0.3) is 0 Å². The maximum Gasteiger partial charge on any atom is 0.230 e. The van der Waals surface area contributed by atoms with Crippen LogP contribution in [0.15, 0.2) is 59.3 Å². The van der Waals surface area contributed by atoms with Gasteiger partial charge in [0, 0.05) is 11.1 Å². The highest BCUT2D eigenvalue weighted by Crippen LogP contribution is 2.30. The zero-order chi connectivity index (χ0) is 15.7. The first-order chi connectivity index (χ1) is 10.6. The third-order valence-electron chi connectivity index (χ3n) is 3.30. The summed E-state index contributed by atoms with van der Waals surface area (Å²) in [5.41, 5.74) is 0.583. The van der Waals surface area contributed by atoms with E-state index in [4.69, 9.17) is 21.1 Å². The normalized spacial score (nSPS) is 13.9. The van der Waals surface area contributed by atoms with E-state index >= 15 is 0 Å². The highest BCUT2D eigenvalue weighted by molar-refractivity contribution is 6.49. The highest BCUT2D eigenvalue weighted by atomic mass is 35.5. The molecule has 0 bridgehead atoms. The topological polar surface area (TPSA) is 52.6 Å². The van der Waals surface area contributed by atoms with E-state index < -0.39 is 11.6 Å². The van der Waals surface area contributed by atoms with Crippen LogP contribution in [-0.2, 0) is 0 Å². The number of hydrogen-bond acceptors (Lipinski definition) is 4. The van der Waals surface area contributed by atoms with Crippen molar-refractivity contribution in [2.24, 2.45) is 0 Å². The first kappa shape index (κ1) is 14.4. The van der Waals surface area contributed by atoms with Crippen molar-refractivity contribution in [3.05, 3.63) is 70.4 Å². The summed E-state index contributed by atoms with van der Waals surface area (Å²) in [6.45, 7) is 0. The van der Waals surface area contributed by atoms with Gasteiger partial charge in [0.1, 0.15) is 16.5 Å². The molecule has 4 nitrogen and oxygen atoms in total. The monoisotopic (exact) mass is 314 g/mol. The van der Waals surface area contributed by atoms with E-state index in [1.807, 2.05) is 0 Å². The van der Waals surface area contributed by atoms with E-state index in [0.717, 1.165) is 0 Å². The summed E-state index contributed by atoms with van der Waals surface area (Å²) in [5, 5.41) is -0.209. The van der Waals surface area contributed by atoms with Gasteiger partial charge in [0.2, 0.25) is 11.6 Å². The second kappa shape index (κ2) is 5.66. The van der Waals surface area contributed by atoms with Crippen LogP contribution in [0.2, 0.25) is 0 Å². The van der Waals surface area contributed by atoms with Crippen LogP contribution < -0.4 is 9.47 Å². The van der Waals surface area contributed by atoms with E-state index in [0.29, 0.717) is 22.6 Å². The molecule has 0 N–H and O–H groups in total. The minimum atomic E-state index is -0.416. The molecular formula is C17H11ClO4. The van der Waals surface area contributed by atoms with Crippen molar-refractivity contribution in [3.63, 3.8) is 0 Å². The summed E-state index contributed by atoms with van der Waals surface area (Å²) in [4.78, 5) is 24.7. The van der Waals surface area contributed by atoms with E-state index in [9.17, 15) is 9.59 Å². The first-order valence-electron chi connectivity index (χ1n) is 6.52. The Balaban J connectivity index is 1.97. The summed E-state index contributed by atoms with van der Waals surface area (Å²) < 4.78 is 10.6. The smallest absolute Gasteiger partial charge is 0.230 e. The second-order valence-electron chi connectivity index (χ2n) is 4.62. The number of Topliss-reactive ketones (excluding diaryl/α,β-unsaturated/α-hetero) is 2. The van der Waals surface area contributed by atoms with Crippen LogP contribution >= 0.6 is 11.6 Å². The Hall–Kier alpha value is -2.59. The third-order valence-corrected chi connectivity index (χ3v) is 3.64. The molecule has 0 radical (unpaired) electrons. The predicted molar refractivity (Wildman–Crippen MR) is 81.6 cm³/mol. The Morgan fingerprint density at radius 3 is 1.95 bits per heavy atom. The molecule has 0 spiro atoms. The molecule has 1 aliphatic rings. The van der Waals surface area contributed by atoms with Gasteiger partial charge in [-0.1, -0.05) is 35.9 Å². The van der Waals surface area contributed by atoms with Crippen LogP contribution in [0.5, 0.6) is 11.5 Å². The fourth-order valence-electron chi connectivity index (χ4n) is 2.18. The molecule has 0 fully saturated rings. The summed E-state index contributed by atoms with van der Waals surface area (Å²) in [6.07, 6.45) is 0. The lowest BCUT2D eigenvalue weighted by molar-refractivity contribution is 0.0943. The Kier molecular flexibility index (Phi) is 3.69. The Labute approximate surface area is 131 Å². The van der Waals surface area contributed by atoms with E-state index in [1.54, 1.807) is 55.6 Å². The van der Waals surface area contributed by atoms with Gasteiger partial charge in [-0.3, -0.25) is 9.59 Å². The van der Waals surface area contributed by atoms with E-state index in [-0.39, 0.29) is 10.8 Å². The molecule has 0 aliphatic heterocycles. The van der Waals surface area contributed by atoms with Gasteiger partial charge >= 0.3 is 0 Å². The number of carbonyl (C=O) groups is 2. The van der Waals surface area contributed by atoms with Gasteiger partial charge in [-0.2, -0.15) is 0 Å². The molecule has 0 saturated carbocycles. The standard InChI is InChI=1S/C17H11ClO4/c1-21-10-6-8-11(9-7-10)22-17-14(18)15(19)12-4-2-3-5-13(12)16(17)20/h2-9H,1H3. The number of ether oxygens (including phenoxy) is 2. The molecule has 110 valence electrons. The van der Waals surface area contributed by atoms with Crippen molar-refractivity contribution in [1.82, 2.24) is 0 Å². The third kappa shape index (κ3) is 2.38. The number of ketones is 2. The van der Waals surface area contributed by atoms with Crippen molar-refractivity contribution in [2.45, 2.75) is 0 Å². The molecule has 3 rings (SSSR count). The number of carbonyl (C=O) groups excluding carboxylic acids is 2. The molecule has 0 aromatic heterocycles. The van der Waals surface area contributed by atoms with Crippen LogP contribution in [0, 0.1) is 0 Å². The number of hydrogen-bond donors (Lipinski definition) is 0. The van der Waals surface area contributed by atoms with Crippen molar-refractivity contribution in [1.29, 1.82) is 0 Å². The van der Waals surface area contributed by atoms with Crippen LogP contribution in [0.4, 0.5) is 0 Å². The number of fused-ring (bicyclic) bond motifs is 1.